The molecule has 1 aromatic carbocycles. The van der Waals surface area contributed by atoms with Gasteiger partial charge in [-0.05, 0) is 43.3 Å². The molecule has 0 fully saturated rings. The van der Waals surface area contributed by atoms with E-state index in [0.29, 0.717) is 16.4 Å². The lowest BCUT2D eigenvalue weighted by Gasteiger charge is -2.11. The second kappa shape index (κ2) is 10.2. The lowest BCUT2D eigenvalue weighted by molar-refractivity contribution is -0.141. The Labute approximate surface area is 192 Å². The minimum Gasteiger partial charge on any atom is -0.332 e. The van der Waals surface area contributed by atoms with Gasteiger partial charge in [-0.25, -0.2) is 17.9 Å². The average molecular weight is 504 g/mol. The largest absolute Gasteiger partial charge is 0.435 e. The Hall–Kier alpha value is -3.16. The first-order valence-corrected chi connectivity index (χ1v) is 10.7. The molecular weight excluding hydrogens is 487 g/mol. The van der Waals surface area contributed by atoms with Crippen molar-refractivity contribution in [2.45, 2.75) is 25.7 Å². The van der Waals surface area contributed by atoms with Gasteiger partial charge < -0.3 is 10.6 Å². The Morgan fingerprint density at radius 3 is 2.61 bits per heavy atom. The van der Waals surface area contributed by atoms with E-state index in [0.717, 1.165) is 10.7 Å². The topological polar surface area (TPSA) is 115 Å². The number of aromatic nitrogens is 3. The third-order valence-electron chi connectivity index (χ3n) is 4.26. The number of carbonyl (C=O) groups excluding carboxylic acids is 1. The zero-order valence-electron chi connectivity index (χ0n) is 16.8. The number of anilines is 1. The fourth-order valence-electron chi connectivity index (χ4n) is 2.76. The van der Waals surface area contributed by atoms with E-state index in [-0.39, 0.29) is 17.9 Å². The smallest absolute Gasteiger partial charge is 0.332 e. The minimum atomic E-state index is -4.67. The van der Waals surface area contributed by atoms with Gasteiger partial charge in [-0.1, -0.05) is 17.7 Å². The van der Waals surface area contributed by atoms with Gasteiger partial charge in [0.15, 0.2) is 5.69 Å². The number of rotatable bonds is 7. The molecule has 14 heteroatoms. The SMILES string of the molecule is CC(O[SH](=O)=O)c1ccc(NC(=O)NCc2cc(C(F)(F)F)nn2-c2cccc(Cl)c2)cn1. The molecule has 176 valence electrons. The number of hydrogen-bond donors (Lipinski definition) is 3. The molecule has 9 nitrogen and oxygen atoms in total. The molecule has 1 unspecified atom stereocenters. The van der Waals surface area contributed by atoms with Crippen molar-refractivity contribution in [3.05, 3.63) is 70.8 Å². The molecule has 0 saturated carbocycles. The highest BCUT2D eigenvalue weighted by Gasteiger charge is 2.35. The summed E-state index contributed by atoms with van der Waals surface area (Å²) in [4.78, 5) is 16.2. The van der Waals surface area contributed by atoms with Crippen LogP contribution in [0.25, 0.3) is 5.69 Å². The number of nitrogens with one attached hydrogen (secondary N) is 2. The number of nitrogens with zero attached hydrogens (tertiary/aromatic N) is 3. The molecule has 0 bridgehead atoms. The van der Waals surface area contributed by atoms with E-state index in [1.54, 1.807) is 12.1 Å². The quantitative estimate of drug-likeness (QED) is 0.422. The van der Waals surface area contributed by atoms with Crippen molar-refractivity contribution >= 4 is 34.3 Å². The van der Waals surface area contributed by atoms with E-state index in [1.165, 1.54) is 37.4 Å². The fraction of sp³-hybridized carbons (Fsp3) is 0.211. The van der Waals surface area contributed by atoms with Crippen molar-refractivity contribution in [1.82, 2.24) is 20.1 Å². The van der Waals surface area contributed by atoms with Crippen LogP contribution in [-0.2, 0) is 27.9 Å². The molecule has 1 atom stereocenters. The number of urea groups is 1. The highest BCUT2D eigenvalue weighted by Crippen LogP contribution is 2.30. The van der Waals surface area contributed by atoms with E-state index in [2.05, 4.69) is 24.9 Å². The number of halogens is 4. The van der Waals surface area contributed by atoms with Gasteiger partial charge in [-0.15, -0.1) is 0 Å². The fourth-order valence-corrected chi connectivity index (χ4v) is 3.32. The van der Waals surface area contributed by atoms with Crippen molar-refractivity contribution < 1.29 is 30.6 Å². The van der Waals surface area contributed by atoms with E-state index < -0.39 is 35.0 Å². The molecule has 0 radical (unpaired) electrons. The number of benzene rings is 1. The molecule has 3 rings (SSSR count). The monoisotopic (exact) mass is 503 g/mol. The van der Waals surface area contributed by atoms with Crippen molar-refractivity contribution in [3.8, 4) is 5.69 Å². The molecule has 0 aliphatic heterocycles. The summed E-state index contributed by atoms with van der Waals surface area (Å²) >= 11 is 5.93. The first-order chi connectivity index (χ1) is 15.5. The standard InChI is InChI=1S/C19H17ClF3N5O4S/c1-11(32-33(30)31)16-6-5-13(9-24-16)26-18(29)25-10-15-8-17(19(21,22)23)27-28(15)14-4-2-3-12(20)7-14/h2-9,11,33H,10H2,1H3,(H2,25,26,29). The summed E-state index contributed by atoms with van der Waals surface area (Å²) in [5.74, 6) is 0. The maximum absolute atomic E-state index is 13.2. The maximum atomic E-state index is 13.2. The molecule has 2 amide bonds. The lowest BCUT2D eigenvalue weighted by Crippen LogP contribution is -2.29. The summed E-state index contributed by atoms with van der Waals surface area (Å²) < 4.78 is 66.4. The van der Waals surface area contributed by atoms with Crippen molar-refractivity contribution in [2.75, 3.05) is 5.32 Å². The number of hydrogen-bond acceptors (Lipinski definition) is 6. The van der Waals surface area contributed by atoms with Gasteiger partial charge in [0.1, 0.15) is 6.10 Å². The summed E-state index contributed by atoms with van der Waals surface area (Å²) in [6.07, 6.45) is -4.19. The van der Waals surface area contributed by atoms with Crippen LogP contribution in [-0.4, -0.2) is 29.2 Å². The van der Waals surface area contributed by atoms with Crippen LogP contribution in [0.3, 0.4) is 0 Å². The van der Waals surface area contributed by atoms with Gasteiger partial charge >= 0.3 is 12.2 Å². The highest BCUT2D eigenvalue weighted by atomic mass is 35.5. The third kappa shape index (κ3) is 6.66. The van der Waals surface area contributed by atoms with E-state index in [4.69, 9.17) is 11.6 Å². The van der Waals surface area contributed by atoms with Crippen LogP contribution < -0.4 is 10.6 Å². The van der Waals surface area contributed by atoms with Gasteiger partial charge in [-0.2, -0.15) is 18.3 Å². The molecule has 2 N–H and O–H groups in total. The van der Waals surface area contributed by atoms with E-state index in [9.17, 15) is 26.4 Å². The molecule has 2 heterocycles. The van der Waals surface area contributed by atoms with Crippen LogP contribution in [0.2, 0.25) is 5.02 Å². The number of pyridine rings is 1. The number of thiol groups is 1. The Morgan fingerprint density at radius 2 is 2.00 bits per heavy atom. The molecule has 0 spiro atoms. The van der Waals surface area contributed by atoms with E-state index >= 15 is 0 Å². The molecule has 33 heavy (non-hydrogen) atoms. The summed E-state index contributed by atoms with van der Waals surface area (Å²) in [6.45, 7) is 1.22. The second-order valence-corrected chi connectivity index (χ2v) is 7.76. The molecule has 0 saturated heterocycles. The Kier molecular flexibility index (Phi) is 7.56. The van der Waals surface area contributed by atoms with Crippen LogP contribution in [0.5, 0.6) is 0 Å². The second-order valence-electron chi connectivity index (χ2n) is 6.66. The lowest BCUT2D eigenvalue weighted by atomic mass is 10.2. The molecule has 0 aliphatic rings. The average Bonchev–Trinajstić information content (AvgIpc) is 3.17. The normalized spacial score (nSPS) is 12.5. The van der Waals surface area contributed by atoms with Crippen molar-refractivity contribution in [1.29, 1.82) is 0 Å². The van der Waals surface area contributed by atoms with Crippen LogP contribution >= 0.6 is 11.6 Å². The summed E-state index contributed by atoms with van der Waals surface area (Å²) in [6, 6.07) is 9.17. The van der Waals surface area contributed by atoms with Crippen molar-refractivity contribution in [3.63, 3.8) is 0 Å². The third-order valence-corrected chi connectivity index (χ3v) is 4.98. The maximum Gasteiger partial charge on any atom is 0.435 e. The van der Waals surface area contributed by atoms with Crippen LogP contribution in [0.15, 0.2) is 48.7 Å². The highest BCUT2D eigenvalue weighted by molar-refractivity contribution is 7.67. The van der Waals surface area contributed by atoms with Gasteiger partial charge in [0.25, 0.3) is 11.0 Å². The molecule has 0 aliphatic carbocycles. The van der Waals surface area contributed by atoms with Crippen LogP contribution in [0.1, 0.15) is 30.1 Å². The summed E-state index contributed by atoms with van der Waals surface area (Å²) in [5.41, 5.74) is -0.146. The van der Waals surface area contributed by atoms with Crippen LogP contribution in [0, 0.1) is 0 Å². The van der Waals surface area contributed by atoms with E-state index in [1.807, 2.05) is 0 Å². The Morgan fingerprint density at radius 1 is 1.24 bits per heavy atom. The zero-order valence-corrected chi connectivity index (χ0v) is 18.5. The molecular formula is C19H17ClF3N5O4S. The zero-order chi connectivity index (χ0) is 24.2. The van der Waals surface area contributed by atoms with Gasteiger partial charge in [-0.3, -0.25) is 9.17 Å². The minimum absolute atomic E-state index is 0.0749. The van der Waals surface area contributed by atoms with Crippen molar-refractivity contribution in [2.24, 2.45) is 0 Å². The number of alkyl halides is 3. The molecule has 3 aromatic rings. The van der Waals surface area contributed by atoms with Gasteiger partial charge in [0, 0.05) is 5.02 Å². The summed E-state index contributed by atoms with van der Waals surface area (Å²) in [7, 11) is -3.04. The predicted octanol–water partition coefficient (Wildman–Crippen LogP) is 3.87. The first kappa shape index (κ1) is 24.5. The van der Waals surface area contributed by atoms with Crippen LogP contribution in [0.4, 0.5) is 23.7 Å². The molecule has 2 aromatic heterocycles. The predicted molar refractivity (Wildman–Crippen MR) is 113 cm³/mol. The van der Waals surface area contributed by atoms with Gasteiger partial charge in [0.2, 0.25) is 0 Å². The Balaban J connectivity index is 1.70. The number of amides is 2. The summed E-state index contributed by atoms with van der Waals surface area (Å²) in [5, 5.41) is 8.84. The van der Waals surface area contributed by atoms with Gasteiger partial charge in [0.05, 0.1) is 35.5 Å². The Bertz CT molecular complexity index is 1210. The number of carbonyl (C=O) groups is 1. The first-order valence-electron chi connectivity index (χ1n) is 9.27.